The van der Waals surface area contributed by atoms with E-state index in [1.165, 1.54) is 17.0 Å². The number of rotatable bonds is 2. The molecule has 0 N–H and O–H groups in total. The molecule has 0 saturated carbocycles. The fraction of sp³-hybridized carbons (Fsp3) is 0.231. The monoisotopic (exact) mass is 397 g/mol. The van der Waals surface area contributed by atoms with Crippen molar-refractivity contribution in [2.75, 3.05) is 0 Å². The van der Waals surface area contributed by atoms with Crippen molar-refractivity contribution in [2.45, 2.75) is 24.8 Å². The van der Waals surface area contributed by atoms with Gasteiger partial charge in [-0.05, 0) is 39.9 Å². The Morgan fingerprint density at radius 3 is 2.00 bits per heavy atom. The van der Waals surface area contributed by atoms with E-state index in [0.717, 1.165) is 27.8 Å². The van der Waals surface area contributed by atoms with Gasteiger partial charge in [0.2, 0.25) is 11.8 Å². The van der Waals surface area contributed by atoms with Crippen molar-refractivity contribution >= 4 is 11.8 Å². The van der Waals surface area contributed by atoms with Gasteiger partial charge >= 0.3 is 0 Å². The number of carbonyl (C=O) groups is 2. The highest BCUT2D eigenvalue weighted by atomic mass is 19.1. The quantitative estimate of drug-likeness (QED) is 0.602. The van der Waals surface area contributed by atoms with E-state index in [4.69, 9.17) is 0 Å². The van der Waals surface area contributed by atoms with Gasteiger partial charge in [-0.3, -0.25) is 14.5 Å². The SMILES string of the molecule is CC12c3ccccc3C(c3ccccc31)[C@@H]1C(=O)N(Cc3ccc(F)cc3)C(=O)[C@@H]12. The maximum absolute atomic E-state index is 13.7. The summed E-state index contributed by atoms with van der Waals surface area (Å²) in [7, 11) is 0. The first-order valence-corrected chi connectivity index (χ1v) is 10.3. The van der Waals surface area contributed by atoms with Gasteiger partial charge in [-0.2, -0.15) is 0 Å². The van der Waals surface area contributed by atoms with Gasteiger partial charge in [-0.1, -0.05) is 67.6 Å². The third-order valence-electron chi connectivity index (χ3n) is 7.39. The molecule has 2 atom stereocenters. The zero-order chi connectivity index (χ0) is 20.6. The van der Waals surface area contributed by atoms with Gasteiger partial charge in [-0.25, -0.2) is 4.39 Å². The van der Waals surface area contributed by atoms with Gasteiger partial charge in [0.25, 0.3) is 0 Å². The number of nitrogens with zero attached hydrogens (tertiary/aromatic N) is 1. The van der Waals surface area contributed by atoms with E-state index in [-0.39, 0.29) is 30.1 Å². The van der Waals surface area contributed by atoms with Crippen LogP contribution in [-0.4, -0.2) is 16.7 Å². The van der Waals surface area contributed by atoms with Crippen molar-refractivity contribution in [1.29, 1.82) is 0 Å². The van der Waals surface area contributed by atoms with Gasteiger partial charge in [0.15, 0.2) is 0 Å². The molecule has 0 unspecified atom stereocenters. The first-order valence-electron chi connectivity index (χ1n) is 10.3. The van der Waals surface area contributed by atoms with Crippen LogP contribution in [-0.2, 0) is 21.5 Å². The molecule has 3 nitrogen and oxygen atoms in total. The van der Waals surface area contributed by atoms with Crippen molar-refractivity contribution in [3.05, 3.63) is 106 Å². The van der Waals surface area contributed by atoms with Crippen LogP contribution < -0.4 is 0 Å². The van der Waals surface area contributed by atoms with Crippen molar-refractivity contribution in [3.8, 4) is 0 Å². The van der Waals surface area contributed by atoms with Gasteiger partial charge < -0.3 is 0 Å². The molecule has 3 aliphatic carbocycles. The predicted octanol–water partition coefficient (Wildman–Crippen LogP) is 4.39. The molecule has 1 fully saturated rings. The van der Waals surface area contributed by atoms with E-state index >= 15 is 0 Å². The minimum Gasteiger partial charge on any atom is -0.278 e. The van der Waals surface area contributed by atoms with Crippen LogP contribution in [0.15, 0.2) is 72.8 Å². The Labute approximate surface area is 174 Å². The average molecular weight is 397 g/mol. The zero-order valence-electron chi connectivity index (χ0n) is 16.5. The molecule has 3 aromatic rings. The van der Waals surface area contributed by atoms with E-state index in [9.17, 15) is 14.0 Å². The molecule has 2 amide bonds. The van der Waals surface area contributed by atoms with Crippen molar-refractivity contribution in [1.82, 2.24) is 4.90 Å². The lowest BCUT2D eigenvalue weighted by molar-refractivity contribution is -0.140. The van der Waals surface area contributed by atoms with Crippen LogP contribution in [0.3, 0.4) is 0 Å². The maximum atomic E-state index is 13.7. The smallest absolute Gasteiger partial charge is 0.234 e. The molecule has 30 heavy (non-hydrogen) atoms. The number of hydrogen-bond donors (Lipinski definition) is 0. The molecule has 0 spiro atoms. The second-order valence-corrected chi connectivity index (χ2v) is 8.75. The Balaban J connectivity index is 1.52. The Morgan fingerprint density at radius 1 is 0.833 bits per heavy atom. The van der Waals surface area contributed by atoms with Gasteiger partial charge in [0, 0.05) is 11.3 Å². The maximum Gasteiger partial charge on any atom is 0.234 e. The van der Waals surface area contributed by atoms with Crippen LogP contribution in [0, 0.1) is 17.7 Å². The lowest BCUT2D eigenvalue weighted by Crippen LogP contribution is -2.51. The number of carbonyl (C=O) groups excluding carboxylic acids is 2. The molecular formula is C26H20FNO2. The first-order chi connectivity index (χ1) is 14.5. The van der Waals surface area contributed by atoms with E-state index in [2.05, 4.69) is 31.2 Å². The number of likely N-dealkylation sites (tertiary alicyclic amines) is 1. The summed E-state index contributed by atoms with van der Waals surface area (Å²) in [5.74, 6) is -1.49. The Hall–Kier alpha value is -3.27. The lowest BCUT2D eigenvalue weighted by atomic mass is 9.48. The molecule has 0 radical (unpaired) electrons. The summed E-state index contributed by atoms with van der Waals surface area (Å²) < 4.78 is 13.3. The standard InChI is InChI=1S/C26H20FNO2/c1-26-19-8-4-2-6-17(19)21(18-7-3-5-9-20(18)26)22-23(26)25(30)28(24(22)29)14-15-10-12-16(27)13-11-15/h2-13,21-23H,14H2,1H3/t21?,22-,23+,26?/m0/s1. The van der Waals surface area contributed by atoms with E-state index in [1.807, 2.05) is 24.3 Å². The van der Waals surface area contributed by atoms with E-state index in [1.54, 1.807) is 12.1 Å². The van der Waals surface area contributed by atoms with Crippen LogP contribution in [0.1, 0.15) is 40.7 Å². The molecule has 1 saturated heterocycles. The minimum absolute atomic E-state index is 0.112. The highest BCUT2D eigenvalue weighted by Gasteiger charge is 2.66. The third-order valence-corrected chi connectivity index (χ3v) is 7.39. The fourth-order valence-electron chi connectivity index (χ4n) is 6.14. The normalized spacial score (nSPS) is 28.3. The summed E-state index contributed by atoms with van der Waals surface area (Å²) in [6.45, 7) is 2.30. The average Bonchev–Trinajstić information content (AvgIpc) is 3.02. The summed E-state index contributed by atoms with van der Waals surface area (Å²) in [4.78, 5) is 28.7. The second kappa shape index (κ2) is 5.88. The third kappa shape index (κ3) is 2.03. The molecule has 148 valence electrons. The molecular weight excluding hydrogens is 377 g/mol. The first kappa shape index (κ1) is 17.6. The van der Waals surface area contributed by atoms with Gasteiger partial charge in [0.05, 0.1) is 18.4 Å². The molecule has 0 aromatic heterocycles. The van der Waals surface area contributed by atoms with Gasteiger partial charge in [0.1, 0.15) is 5.82 Å². The van der Waals surface area contributed by atoms with Crippen molar-refractivity contribution in [2.24, 2.45) is 11.8 Å². The minimum atomic E-state index is -0.545. The summed E-state index contributed by atoms with van der Waals surface area (Å²) in [6, 6.07) is 22.5. The molecule has 2 bridgehead atoms. The van der Waals surface area contributed by atoms with Crippen LogP contribution in [0.4, 0.5) is 4.39 Å². The molecule has 7 rings (SSSR count). The van der Waals surface area contributed by atoms with Crippen LogP contribution in [0.5, 0.6) is 0 Å². The summed E-state index contributed by atoms with van der Waals surface area (Å²) in [5.41, 5.74) is 4.83. The highest BCUT2D eigenvalue weighted by Crippen LogP contribution is 2.63. The second-order valence-electron chi connectivity index (χ2n) is 8.75. The Bertz CT molecular complexity index is 1170. The number of hydrogen-bond acceptors (Lipinski definition) is 2. The summed E-state index contributed by atoms with van der Waals surface area (Å²) in [6.07, 6.45) is 0. The molecule has 4 aliphatic rings. The van der Waals surface area contributed by atoms with E-state index in [0.29, 0.717) is 0 Å². The van der Waals surface area contributed by atoms with Crippen molar-refractivity contribution < 1.29 is 14.0 Å². The van der Waals surface area contributed by atoms with E-state index < -0.39 is 17.3 Å². The number of benzene rings is 3. The van der Waals surface area contributed by atoms with Crippen LogP contribution >= 0.6 is 0 Å². The van der Waals surface area contributed by atoms with Crippen LogP contribution in [0.2, 0.25) is 0 Å². The number of halogens is 1. The highest BCUT2D eigenvalue weighted by molar-refractivity contribution is 6.08. The fourth-order valence-corrected chi connectivity index (χ4v) is 6.14. The van der Waals surface area contributed by atoms with Gasteiger partial charge in [-0.15, -0.1) is 0 Å². The lowest BCUT2D eigenvalue weighted by Gasteiger charge is -2.52. The molecule has 1 aliphatic heterocycles. The largest absolute Gasteiger partial charge is 0.278 e. The summed E-state index contributed by atoms with van der Waals surface area (Å²) >= 11 is 0. The Morgan fingerprint density at radius 2 is 1.40 bits per heavy atom. The van der Waals surface area contributed by atoms with Crippen molar-refractivity contribution in [3.63, 3.8) is 0 Å². The molecule has 3 aromatic carbocycles. The summed E-state index contributed by atoms with van der Waals surface area (Å²) in [5, 5.41) is 0. The topological polar surface area (TPSA) is 37.4 Å². The predicted molar refractivity (Wildman–Crippen MR) is 110 cm³/mol. The number of imide groups is 1. The number of amides is 2. The van der Waals surface area contributed by atoms with Crippen LogP contribution in [0.25, 0.3) is 0 Å². The zero-order valence-corrected chi connectivity index (χ0v) is 16.5. The molecule has 1 heterocycles. The Kier molecular flexibility index (Phi) is 3.45. The molecule has 4 heteroatoms.